The number of sulfone groups is 1. The fourth-order valence-corrected chi connectivity index (χ4v) is 2.55. The van der Waals surface area contributed by atoms with Crippen LogP contribution in [0.4, 0.5) is 8.78 Å². The maximum atomic E-state index is 13.0. The van der Waals surface area contributed by atoms with Gasteiger partial charge in [0.2, 0.25) is 0 Å². The first-order valence-electron chi connectivity index (χ1n) is 5.91. The summed E-state index contributed by atoms with van der Waals surface area (Å²) in [5.74, 6) is -4.28. The molecule has 8 heteroatoms. The van der Waals surface area contributed by atoms with E-state index in [0.29, 0.717) is 0 Å². The van der Waals surface area contributed by atoms with Gasteiger partial charge in [0.1, 0.15) is 0 Å². The molecular weight excluding hydrogens is 290 g/mol. The summed E-state index contributed by atoms with van der Waals surface area (Å²) in [6.07, 6.45) is 0. The summed E-state index contributed by atoms with van der Waals surface area (Å²) in [4.78, 5) is 11.7. The summed E-state index contributed by atoms with van der Waals surface area (Å²) < 4.78 is 49.6. The molecule has 0 radical (unpaired) electrons. The SMILES string of the molecule is CCS(=O)(=O)c1ccccc1C(=O)NCC(F)(F)CN. The molecule has 0 aliphatic rings. The molecular formula is C12H16F2N2O3S. The van der Waals surface area contributed by atoms with Crippen molar-refractivity contribution < 1.29 is 22.0 Å². The highest BCUT2D eigenvalue weighted by Gasteiger charge is 2.28. The molecule has 0 unspecified atom stereocenters. The number of rotatable bonds is 6. The number of nitrogens with two attached hydrogens (primary N) is 1. The zero-order chi connectivity index (χ0) is 15.4. The van der Waals surface area contributed by atoms with Crippen molar-refractivity contribution in [2.24, 2.45) is 5.73 Å². The number of alkyl halides is 2. The third-order valence-electron chi connectivity index (χ3n) is 2.65. The summed E-state index contributed by atoms with van der Waals surface area (Å²) in [6, 6.07) is 5.48. The van der Waals surface area contributed by atoms with Gasteiger partial charge in [0.15, 0.2) is 9.84 Å². The molecule has 0 atom stereocenters. The summed E-state index contributed by atoms with van der Waals surface area (Å²) in [5.41, 5.74) is 4.70. The lowest BCUT2D eigenvalue weighted by atomic mass is 10.2. The number of hydrogen-bond donors (Lipinski definition) is 2. The molecule has 20 heavy (non-hydrogen) atoms. The van der Waals surface area contributed by atoms with Gasteiger partial charge in [-0.25, -0.2) is 17.2 Å². The van der Waals surface area contributed by atoms with Gasteiger partial charge in [0, 0.05) is 0 Å². The van der Waals surface area contributed by atoms with Crippen molar-refractivity contribution in [2.45, 2.75) is 17.7 Å². The topological polar surface area (TPSA) is 89.3 Å². The van der Waals surface area contributed by atoms with Crippen LogP contribution in [0.3, 0.4) is 0 Å². The molecule has 0 aliphatic carbocycles. The monoisotopic (exact) mass is 306 g/mol. The molecule has 0 aromatic heterocycles. The Morgan fingerprint density at radius 3 is 2.50 bits per heavy atom. The van der Waals surface area contributed by atoms with E-state index in [9.17, 15) is 22.0 Å². The molecule has 1 rings (SSSR count). The van der Waals surface area contributed by atoms with Gasteiger partial charge in [-0.2, -0.15) is 0 Å². The zero-order valence-corrected chi connectivity index (χ0v) is 11.7. The number of benzene rings is 1. The summed E-state index contributed by atoms with van der Waals surface area (Å²) >= 11 is 0. The van der Waals surface area contributed by atoms with Crippen LogP contribution in [-0.4, -0.2) is 39.1 Å². The molecule has 1 aromatic rings. The van der Waals surface area contributed by atoms with Gasteiger partial charge in [-0.3, -0.25) is 4.79 Å². The first kappa shape index (κ1) is 16.5. The highest BCUT2D eigenvalue weighted by molar-refractivity contribution is 7.91. The lowest BCUT2D eigenvalue weighted by Crippen LogP contribution is -2.41. The van der Waals surface area contributed by atoms with E-state index in [4.69, 9.17) is 5.73 Å². The number of nitrogens with one attached hydrogen (secondary N) is 1. The van der Waals surface area contributed by atoms with E-state index in [1.54, 1.807) is 0 Å². The Bertz CT molecular complexity index is 588. The van der Waals surface area contributed by atoms with Crippen LogP contribution in [0.15, 0.2) is 29.2 Å². The van der Waals surface area contributed by atoms with Crippen LogP contribution in [0.5, 0.6) is 0 Å². The van der Waals surface area contributed by atoms with E-state index in [0.717, 1.165) is 0 Å². The maximum absolute atomic E-state index is 13.0. The van der Waals surface area contributed by atoms with Crippen LogP contribution >= 0.6 is 0 Å². The molecule has 0 saturated carbocycles. The first-order chi connectivity index (χ1) is 9.23. The molecule has 0 saturated heterocycles. The largest absolute Gasteiger partial charge is 0.346 e. The maximum Gasteiger partial charge on any atom is 0.277 e. The van der Waals surface area contributed by atoms with E-state index in [1.807, 2.05) is 5.32 Å². The van der Waals surface area contributed by atoms with E-state index < -0.39 is 34.8 Å². The summed E-state index contributed by atoms with van der Waals surface area (Å²) in [5, 5.41) is 1.99. The predicted octanol–water partition coefficient (Wildman–Crippen LogP) is 0.804. The Kier molecular flexibility index (Phi) is 5.18. The molecule has 0 spiro atoms. The third-order valence-corrected chi connectivity index (χ3v) is 4.44. The van der Waals surface area contributed by atoms with Crippen molar-refractivity contribution >= 4 is 15.7 Å². The molecule has 1 aromatic carbocycles. The Balaban J connectivity index is 3.01. The smallest absolute Gasteiger partial charge is 0.277 e. The van der Waals surface area contributed by atoms with Crippen LogP contribution in [0.25, 0.3) is 0 Å². The van der Waals surface area contributed by atoms with Gasteiger partial charge in [-0.05, 0) is 12.1 Å². The Labute approximate surface area is 116 Å². The predicted molar refractivity (Wildman–Crippen MR) is 70.5 cm³/mol. The third kappa shape index (κ3) is 3.97. The van der Waals surface area contributed by atoms with Gasteiger partial charge in [-0.1, -0.05) is 19.1 Å². The fourth-order valence-electron chi connectivity index (χ4n) is 1.46. The second-order valence-corrected chi connectivity index (χ2v) is 6.39. The molecule has 0 fully saturated rings. The minimum Gasteiger partial charge on any atom is -0.346 e. The molecule has 5 nitrogen and oxygen atoms in total. The average Bonchev–Trinajstić information content (AvgIpc) is 2.45. The van der Waals surface area contributed by atoms with E-state index in [2.05, 4.69) is 0 Å². The molecule has 0 aliphatic heterocycles. The standard InChI is InChI=1S/C12H16F2N2O3S/c1-2-20(18,19)10-6-4-3-5-9(10)11(17)16-8-12(13,14)7-15/h3-6H,2,7-8,15H2,1H3,(H,16,17). The summed E-state index contributed by atoms with van der Waals surface area (Å²) in [6.45, 7) is -0.405. The van der Waals surface area contributed by atoms with Crippen LogP contribution in [0.1, 0.15) is 17.3 Å². The van der Waals surface area contributed by atoms with Crippen molar-refractivity contribution in [2.75, 3.05) is 18.8 Å². The quantitative estimate of drug-likeness (QED) is 0.813. The fraction of sp³-hybridized carbons (Fsp3) is 0.417. The van der Waals surface area contributed by atoms with Crippen LogP contribution in [0.2, 0.25) is 0 Å². The number of carbonyl (C=O) groups is 1. The molecule has 1 amide bonds. The van der Waals surface area contributed by atoms with E-state index >= 15 is 0 Å². The first-order valence-corrected chi connectivity index (χ1v) is 7.56. The normalized spacial score (nSPS) is 12.2. The van der Waals surface area contributed by atoms with Gasteiger partial charge in [0.25, 0.3) is 11.8 Å². The van der Waals surface area contributed by atoms with Crippen molar-refractivity contribution in [1.29, 1.82) is 0 Å². The number of hydrogen-bond acceptors (Lipinski definition) is 4. The zero-order valence-electron chi connectivity index (χ0n) is 10.9. The Hall–Kier alpha value is -1.54. The molecule has 3 N–H and O–H groups in total. The number of amides is 1. The molecule has 112 valence electrons. The van der Waals surface area contributed by atoms with E-state index in [-0.39, 0.29) is 16.2 Å². The lowest BCUT2D eigenvalue weighted by Gasteiger charge is -2.15. The van der Waals surface area contributed by atoms with Crippen molar-refractivity contribution in [3.05, 3.63) is 29.8 Å². The van der Waals surface area contributed by atoms with Crippen LogP contribution in [0, 0.1) is 0 Å². The van der Waals surface area contributed by atoms with Gasteiger partial charge in [0.05, 0.1) is 29.3 Å². The second kappa shape index (κ2) is 6.27. The van der Waals surface area contributed by atoms with Gasteiger partial charge >= 0.3 is 0 Å². The minimum absolute atomic E-state index is 0.151. The Morgan fingerprint density at radius 1 is 1.35 bits per heavy atom. The lowest BCUT2D eigenvalue weighted by molar-refractivity contribution is 0.0118. The van der Waals surface area contributed by atoms with Gasteiger partial charge < -0.3 is 11.1 Å². The second-order valence-electron chi connectivity index (χ2n) is 4.14. The number of carbonyl (C=O) groups excluding carboxylic acids is 1. The average molecular weight is 306 g/mol. The highest BCUT2D eigenvalue weighted by atomic mass is 32.2. The molecule has 0 bridgehead atoms. The van der Waals surface area contributed by atoms with Crippen LogP contribution in [-0.2, 0) is 9.84 Å². The van der Waals surface area contributed by atoms with Crippen LogP contribution < -0.4 is 11.1 Å². The van der Waals surface area contributed by atoms with E-state index in [1.165, 1.54) is 31.2 Å². The van der Waals surface area contributed by atoms with Crippen molar-refractivity contribution in [3.8, 4) is 0 Å². The minimum atomic E-state index is -3.61. The highest BCUT2D eigenvalue weighted by Crippen LogP contribution is 2.17. The summed E-state index contributed by atoms with van der Waals surface area (Å²) in [7, 11) is -3.61. The van der Waals surface area contributed by atoms with Crippen molar-refractivity contribution in [1.82, 2.24) is 5.32 Å². The Morgan fingerprint density at radius 2 is 1.95 bits per heavy atom. The number of halogens is 2. The van der Waals surface area contributed by atoms with Crippen molar-refractivity contribution in [3.63, 3.8) is 0 Å². The van der Waals surface area contributed by atoms with Gasteiger partial charge in [-0.15, -0.1) is 0 Å². The molecule has 0 heterocycles.